The van der Waals surface area contributed by atoms with Gasteiger partial charge in [0.25, 0.3) is 0 Å². The van der Waals surface area contributed by atoms with Gasteiger partial charge in [0.2, 0.25) is 0 Å². The van der Waals surface area contributed by atoms with E-state index in [1.807, 2.05) is 30.3 Å². The molecule has 0 amide bonds. The van der Waals surface area contributed by atoms with Crippen molar-refractivity contribution >= 4 is 31.9 Å². The fourth-order valence-corrected chi connectivity index (χ4v) is 2.61. The molecule has 0 aliphatic rings. The average Bonchev–Trinajstić information content (AvgIpc) is 2.31. The van der Waals surface area contributed by atoms with Gasteiger partial charge in [0, 0.05) is 16.0 Å². The second-order valence-corrected chi connectivity index (χ2v) is 4.59. The van der Waals surface area contributed by atoms with E-state index >= 15 is 0 Å². The predicted molar refractivity (Wildman–Crippen MR) is 71.1 cm³/mol. The Morgan fingerprint density at radius 3 is 2.69 bits per heavy atom. The first-order valence-electron chi connectivity index (χ1n) is 4.72. The molecule has 1 heterocycles. The number of alkyl halides is 1. The summed E-state index contributed by atoms with van der Waals surface area (Å²) in [5.41, 5.74) is 1.19. The van der Waals surface area contributed by atoms with Crippen molar-refractivity contribution in [2.45, 2.75) is 5.33 Å². The van der Waals surface area contributed by atoms with Gasteiger partial charge in [-0.05, 0) is 29.8 Å². The number of benzene rings is 1. The molecule has 1 aromatic carbocycles. The second-order valence-electron chi connectivity index (χ2n) is 3.18. The zero-order chi connectivity index (χ0) is 11.4. The first-order chi connectivity index (χ1) is 7.79. The maximum Gasteiger partial charge on any atom is 0.145 e. The van der Waals surface area contributed by atoms with Crippen LogP contribution in [0.2, 0.25) is 0 Å². The normalized spacial score (nSPS) is 10.1. The summed E-state index contributed by atoms with van der Waals surface area (Å²) in [4.78, 5) is 3.99. The molecule has 82 valence electrons. The number of hydrogen-bond donors (Lipinski definition) is 0. The van der Waals surface area contributed by atoms with E-state index in [4.69, 9.17) is 4.74 Å². The molecular weight excluding hydrogens is 334 g/mol. The highest BCUT2D eigenvalue weighted by molar-refractivity contribution is 9.10. The van der Waals surface area contributed by atoms with Gasteiger partial charge in [0.05, 0.1) is 6.20 Å². The Labute approximate surface area is 111 Å². The largest absolute Gasteiger partial charge is 0.456 e. The molecule has 0 aliphatic heterocycles. The van der Waals surface area contributed by atoms with Crippen molar-refractivity contribution in [2.75, 3.05) is 0 Å². The van der Waals surface area contributed by atoms with Crippen LogP contribution in [0.15, 0.2) is 47.2 Å². The molecule has 0 bridgehead atoms. The van der Waals surface area contributed by atoms with Gasteiger partial charge in [-0.25, -0.2) is 0 Å². The highest BCUT2D eigenvalue weighted by Gasteiger charge is 2.02. The van der Waals surface area contributed by atoms with Crippen molar-refractivity contribution in [2.24, 2.45) is 0 Å². The molecule has 2 nitrogen and oxygen atoms in total. The zero-order valence-electron chi connectivity index (χ0n) is 8.36. The lowest BCUT2D eigenvalue weighted by Gasteiger charge is -2.07. The van der Waals surface area contributed by atoms with Crippen LogP contribution in [0.5, 0.6) is 11.5 Å². The van der Waals surface area contributed by atoms with Crippen molar-refractivity contribution in [1.29, 1.82) is 0 Å². The molecule has 1 aromatic heterocycles. The minimum Gasteiger partial charge on any atom is -0.456 e. The van der Waals surface area contributed by atoms with Crippen LogP contribution in [0.4, 0.5) is 0 Å². The number of rotatable bonds is 3. The SMILES string of the molecule is BrCc1ccc(Oc2cccnc2)cc1Br. The molecule has 0 radical (unpaired) electrons. The standard InChI is InChI=1S/C12H9Br2NO/c13-7-9-3-4-10(6-12(9)14)16-11-2-1-5-15-8-11/h1-6,8H,7H2. The molecule has 0 N–H and O–H groups in total. The number of ether oxygens (including phenoxy) is 1. The summed E-state index contributed by atoms with van der Waals surface area (Å²) in [7, 11) is 0. The van der Waals surface area contributed by atoms with Crippen LogP contribution in [0.25, 0.3) is 0 Å². The number of aromatic nitrogens is 1. The molecule has 0 saturated carbocycles. The molecule has 2 aromatic rings. The van der Waals surface area contributed by atoms with E-state index in [9.17, 15) is 0 Å². The Bertz CT molecular complexity index is 474. The second kappa shape index (κ2) is 5.46. The quantitative estimate of drug-likeness (QED) is 0.764. The summed E-state index contributed by atoms with van der Waals surface area (Å²) in [6.07, 6.45) is 3.41. The number of pyridine rings is 1. The summed E-state index contributed by atoms with van der Waals surface area (Å²) in [6.45, 7) is 0. The molecule has 0 aliphatic carbocycles. The Hall–Kier alpha value is -0.870. The lowest BCUT2D eigenvalue weighted by atomic mass is 10.2. The summed E-state index contributed by atoms with van der Waals surface area (Å²) in [5, 5.41) is 0.820. The van der Waals surface area contributed by atoms with Gasteiger partial charge >= 0.3 is 0 Å². The van der Waals surface area contributed by atoms with Gasteiger partial charge in [0.15, 0.2) is 0 Å². The van der Waals surface area contributed by atoms with Crippen LogP contribution in [0.3, 0.4) is 0 Å². The predicted octanol–water partition coefficient (Wildman–Crippen LogP) is 4.53. The van der Waals surface area contributed by atoms with Crippen LogP contribution in [-0.4, -0.2) is 4.98 Å². The average molecular weight is 343 g/mol. The maximum atomic E-state index is 5.65. The molecule has 0 saturated heterocycles. The zero-order valence-corrected chi connectivity index (χ0v) is 11.5. The van der Waals surface area contributed by atoms with E-state index in [0.717, 1.165) is 21.3 Å². The highest BCUT2D eigenvalue weighted by Crippen LogP contribution is 2.27. The highest BCUT2D eigenvalue weighted by atomic mass is 79.9. The lowest BCUT2D eigenvalue weighted by Crippen LogP contribution is -1.86. The van der Waals surface area contributed by atoms with Crippen LogP contribution in [0, 0.1) is 0 Å². The molecule has 0 spiro atoms. The monoisotopic (exact) mass is 341 g/mol. The molecular formula is C12H9Br2NO. The third-order valence-corrected chi connectivity index (χ3v) is 3.38. The summed E-state index contributed by atoms with van der Waals surface area (Å²) in [6, 6.07) is 9.62. The number of halogens is 2. The molecule has 0 unspecified atom stereocenters. The van der Waals surface area contributed by atoms with Gasteiger partial charge in [0.1, 0.15) is 11.5 Å². The Morgan fingerprint density at radius 1 is 1.19 bits per heavy atom. The van der Waals surface area contributed by atoms with Gasteiger partial charge in [-0.15, -0.1) is 0 Å². The topological polar surface area (TPSA) is 22.1 Å². The minimum atomic E-state index is 0.737. The van der Waals surface area contributed by atoms with Crippen LogP contribution >= 0.6 is 31.9 Å². The third-order valence-electron chi connectivity index (χ3n) is 2.04. The van der Waals surface area contributed by atoms with Gasteiger partial charge in [-0.2, -0.15) is 0 Å². The van der Waals surface area contributed by atoms with Gasteiger partial charge < -0.3 is 4.74 Å². The van der Waals surface area contributed by atoms with Crippen molar-refractivity contribution in [3.63, 3.8) is 0 Å². The molecule has 2 rings (SSSR count). The van der Waals surface area contributed by atoms with E-state index < -0.39 is 0 Å². The lowest BCUT2D eigenvalue weighted by molar-refractivity contribution is 0.480. The summed E-state index contributed by atoms with van der Waals surface area (Å²) >= 11 is 6.91. The van der Waals surface area contributed by atoms with E-state index in [1.54, 1.807) is 12.4 Å². The Kier molecular flexibility index (Phi) is 3.96. The maximum absolute atomic E-state index is 5.65. The number of nitrogens with zero attached hydrogens (tertiary/aromatic N) is 1. The molecule has 4 heteroatoms. The first kappa shape index (κ1) is 11.6. The molecule has 0 atom stereocenters. The van der Waals surface area contributed by atoms with Gasteiger partial charge in [-0.3, -0.25) is 4.98 Å². The van der Waals surface area contributed by atoms with Crippen molar-refractivity contribution < 1.29 is 4.74 Å². The van der Waals surface area contributed by atoms with Crippen LogP contribution in [0.1, 0.15) is 5.56 Å². The van der Waals surface area contributed by atoms with Crippen molar-refractivity contribution in [3.05, 3.63) is 52.8 Å². The minimum absolute atomic E-state index is 0.737. The fraction of sp³-hybridized carbons (Fsp3) is 0.0833. The summed E-state index contributed by atoms with van der Waals surface area (Å²) < 4.78 is 6.68. The van der Waals surface area contributed by atoms with Gasteiger partial charge in [-0.1, -0.05) is 37.9 Å². The van der Waals surface area contributed by atoms with Crippen LogP contribution in [-0.2, 0) is 5.33 Å². The molecule has 0 fully saturated rings. The van der Waals surface area contributed by atoms with Crippen molar-refractivity contribution in [1.82, 2.24) is 4.98 Å². The van der Waals surface area contributed by atoms with E-state index in [1.165, 1.54) is 5.56 Å². The fourth-order valence-electron chi connectivity index (χ4n) is 1.24. The summed E-state index contributed by atoms with van der Waals surface area (Å²) in [5.74, 6) is 1.53. The number of hydrogen-bond acceptors (Lipinski definition) is 2. The van der Waals surface area contributed by atoms with E-state index in [0.29, 0.717) is 0 Å². The van der Waals surface area contributed by atoms with E-state index in [2.05, 4.69) is 36.8 Å². The first-order valence-corrected chi connectivity index (χ1v) is 6.63. The van der Waals surface area contributed by atoms with Crippen LogP contribution < -0.4 is 4.74 Å². The Morgan fingerprint density at radius 2 is 2.06 bits per heavy atom. The smallest absolute Gasteiger partial charge is 0.145 e. The Balaban J connectivity index is 2.20. The molecule has 16 heavy (non-hydrogen) atoms. The van der Waals surface area contributed by atoms with E-state index in [-0.39, 0.29) is 0 Å². The third kappa shape index (κ3) is 2.83. The van der Waals surface area contributed by atoms with Crippen molar-refractivity contribution in [3.8, 4) is 11.5 Å².